The fourth-order valence-electron chi connectivity index (χ4n) is 3.21. The van der Waals surface area contributed by atoms with Crippen molar-refractivity contribution in [2.45, 2.75) is 45.4 Å². The van der Waals surface area contributed by atoms with E-state index in [1.807, 2.05) is 19.2 Å². The SMILES string of the molecule is CN(C(=O)[C@@H]1CCC[C@@H]1CN)c1ccc(C(C)(C)C)cc1. The van der Waals surface area contributed by atoms with Crippen molar-refractivity contribution in [1.29, 1.82) is 0 Å². The van der Waals surface area contributed by atoms with E-state index in [-0.39, 0.29) is 17.2 Å². The molecule has 3 nitrogen and oxygen atoms in total. The molecular formula is C18H28N2O. The van der Waals surface area contributed by atoms with Crippen LogP contribution >= 0.6 is 0 Å². The molecule has 0 bridgehead atoms. The number of nitrogens with zero attached hydrogens (tertiary/aromatic N) is 1. The molecule has 1 amide bonds. The number of carbonyl (C=O) groups excluding carboxylic acids is 1. The van der Waals surface area contributed by atoms with Gasteiger partial charge < -0.3 is 10.6 Å². The largest absolute Gasteiger partial charge is 0.330 e. The monoisotopic (exact) mass is 288 g/mol. The van der Waals surface area contributed by atoms with E-state index in [9.17, 15) is 4.79 Å². The fraction of sp³-hybridized carbons (Fsp3) is 0.611. The summed E-state index contributed by atoms with van der Waals surface area (Å²) in [5.74, 6) is 0.669. The van der Waals surface area contributed by atoms with Crippen molar-refractivity contribution in [3.05, 3.63) is 29.8 Å². The lowest BCUT2D eigenvalue weighted by molar-refractivity contribution is -0.123. The van der Waals surface area contributed by atoms with E-state index in [0.29, 0.717) is 12.5 Å². The van der Waals surface area contributed by atoms with E-state index in [0.717, 1.165) is 24.9 Å². The summed E-state index contributed by atoms with van der Waals surface area (Å²) < 4.78 is 0. The van der Waals surface area contributed by atoms with Crippen molar-refractivity contribution < 1.29 is 4.79 Å². The number of nitrogens with two attached hydrogens (primary N) is 1. The summed E-state index contributed by atoms with van der Waals surface area (Å²) in [6.07, 6.45) is 3.18. The van der Waals surface area contributed by atoms with Crippen LogP contribution in [-0.4, -0.2) is 19.5 Å². The van der Waals surface area contributed by atoms with Gasteiger partial charge in [0.15, 0.2) is 0 Å². The summed E-state index contributed by atoms with van der Waals surface area (Å²) >= 11 is 0. The van der Waals surface area contributed by atoms with Crippen molar-refractivity contribution in [1.82, 2.24) is 0 Å². The molecule has 0 saturated heterocycles. The maximum absolute atomic E-state index is 12.7. The third-order valence-corrected chi connectivity index (χ3v) is 4.73. The minimum absolute atomic E-state index is 0.0993. The lowest BCUT2D eigenvalue weighted by atomic mass is 9.87. The van der Waals surface area contributed by atoms with Crippen molar-refractivity contribution in [2.75, 3.05) is 18.5 Å². The molecule has 1 aromatic rings. The molecule has 0 unspecified atom stereocenters. The number of rotatable bonds is 3. The molecule has 1 aliphatic carbocycles. The number of hydrogen-bond donors (Lipinski definition) is 1. The van der Waals surface area contributed by atoms with Crippen LogP contribution in [0.4, 0.5) is 5.69 Å². The Bertz CT molecular complexity index is 487. The minimum atomic E-state index is 0.0993. The van der Waals surface area contributed by atoms with Crippen LogP contribution in [0.5, 0.6) is 0 Å². The second-order valence-electron chi connectivity index (χ2n) is 7.23. The Morgan fingerprint density at radius 3 is 2.38 bits per heavy atom. The van der Waals surface area contributed by atoms with Gasteiger partial charge in [-0.05, 0) is 48.4 Å². The first-order valence-corrected chi connectivity index (χ1v) is 7.92. The highest BCUT2D eigenvalue weighted by Crippen LogP contribution is 2.33. The first-order valence-electron chi connectivity index (χ1n) is 7.92. The Balaban J connectivity index is 2.12. The Labute approximate surface area is 128 Å². The van der Waals surface area contributed by atoms with E-state index in [1.54, 1.807) is 4.90 Å². The molecule has 0 heterocycles. The van der Waals surface area contributed by atoms with E-state index in [4.69, 9.17) is 5.73 Å². The molecule has 1 fully saturated rings. The van der Waals surface area contributed by atoms with Gasteiger partial charge in [0.2, 0.25) is 5.91 Å². The zero-order chi connectivity index (χ0) is 15.6. The zero-order valence-corrected chi connectivity index (χ0v) is 13.7. The topological polar surface area (TPSA) is 46.3 Å². The summed E-state index contributed by atoms with van der Waals surface area (Å²) in [4.78, 5) is 14.5. The third-order valence-electron chi connectivity index (χ3n) is 4.73. The molecular weight excluding hydrogens is 260 g/mol. The highest BCUT2D eigenvalue weighted by Gasteiger charge is 2.34. The van der Waals surface area contributed by atoms with Crippen molar-refractivity contribution in [3.8, 4) is 0 Å². The lowest BCUT2D eigenvalue weighted by Crippen LogP contribution is -2.36. The highest BCUT2D eigenvalue weighted by molar-refractivity contribution is 5.94. The van der Waals surface area contributed by atoms with Gasteiger partial charge in [0.25, 0.3) is 0 Å². The van der Waals surface area contributed by atoms with E-state index in [2.05, 4.69) is 32.9 Å². The van der Waals surface area contributed by atoms with Crippen LogP contribution in [0.15, 0.2) is 24.3 Å². The summed E-state index contributed by atoms with van der Waals surface area (Å²) in [5.41, 5.74) is 8.19. The van der Waals surface area contributed by atoms with E-state index >= 15 is 0 Å². The third kappa shape index (κ3) is 3.46. The molecule has 0 aliphatic heterocycles. The van der Waals surface area contributed by atoms with Crippen LogP contribution < -0.4 is 10.6 Å². The number of carbonyl (C=O) groups is 1. The molecule has 0 aromatic heterocycles. The Hall–Kier alpha value is -1.35. The number of benzene rings is 1. The first kappa shape index (κ1) is 16.0. The van der Waals surface area contributed by atoms with Gasteiger partial charge >= 0.3 is 0 Å². The molecule has 1 aromatic carbocycles. The van der Waals surface area contributed by atoms with E-state index in [1.165, 1.54) is 5.56 Å². The maximum atomic E-state index is 12.7. The van der Waals surface area contributed by atoms with Crippen LogP contribution in [0.3, 0.4) is 0 Å². The average molecular weight is 288 g/mol. The summed E-state index contributed by atoms with van der Waals surface area (Å²) in [6.45, 7) is 7.21. The molecule has 21 heavy (non-hydrogen) atoms. The van der Waals surface area contributed by atoms with Crippen LogP contribution in [0, 0.1) is 11.8 Å². The summed E-state index contributed by atoms with van der Waals surface area (Å²) in [7, 11) is 1.88. The average Bonchev–Trinajstić information content (AvgIpc) is 2.93. The van der Waals surface area contributed by atoms with Crippen LogP contribution in [-0.2, 0) is 10.2 Å². The number of hydrogen-bond acceptors (Lipinski definition) is 2. The first-order chi connectivity index (χ1) is 9.84. The van der Waals surface area contributed by atoms with Gasteiger partial charge in [-0.2, -0.15) is 0 Å². The lowest BCUT2D eigenvalue weighted by Gasteiger charge is -2.26. The van der Waals surface area contributed by atoms with Crippen LogP contribution in [0.25, 0.3) is 0 Å². The Morgan fingerprint density at radius 2 is 1.86 bits per heavy atom. The molecule has 2 N–H and O–H groups in total. The summed E-state index contributed by atoms with van der Waals surface area (Å²) in [5, 5.41) is 0. The highest BCUT2D eigenvalue weighted by atomic mass is 16.2. The number of anilines is 1. The summed E-state index contributed by atoms with van der Waals surface area (Å²) in [6, 6.07) is 8.33. The molecule has 2 rings (SSSR count). The standard InChI is InChI=1S/C18H28N2O/c1-18(2,3)14-8-10-15(11-9-14)20(4)17(21)16-7-5-6-13(16)12-19/h8-11,13,16H,5-7,12,19H2,1-4H3/t13-,16-/m1/s1. The van der Waals surface area contributed by atoms with Gasteiger partial charge in [-0.25, -0.2) is 0 Å². The predicted molar refractivity (Wildman–Crippen MR) is 88.4 cm³/mol. The van der Waals surface area contributed by atoms with Crippen molar-refractivity contribution in [3.63, 3.8) is 0 Å². The smallest absolute Gasteiger partial charge is 0.230 e. The Kier molecular flexibility index (Phi) is 4.72. The molecule has 0 radical (unpaired) electrons. The minimum Gasteiger partial charge on any atom is -0.330 e. The molecule has 1 aliphatic rings. The van der Waals surface area contributed by atoms with Gasteiger partial charge in [0.05, 0.1) is 0 Å². The van der Waals surface area contributed by atoms with Gasteiger partial charge in [0, 0.05) is 18.7 Å². The Morgan fingerprint density at radius 1 is 1.24 bits per heavy atom. The molecule has 1 saturated carbocycles. The predicted octanol–water partition coefficient (Wildman–Crippen LogP) is 3.32. The van der Waals surface area contributed by atoms with E-state index < -0.39 is 0 Å². The van der Waals surface area contributed by atoms with Gasteiger partial charge in [-0.15, -0.1) is 0 Å². The molecule has 3 heteroatoms. The van der Waals surface area contributed by atoms with Crippen LogP contribution in [0.1, 0.15) is 45.6 Å². The second kappa shape index (κ2) is 6.18. The van der Waals surface area contributed by atoms with Crippen molar-refractivity contribution >= 4 is 11.6 Å². The van der Waals surface area contributed by atoms with Gasteiger partial charge in [0.1, 0.15) is 0 Å². The quantitative estimate of drug-likeness (QED) is 0.927. The molecule has 116 valence electrons. The number of amides is 1. The molecule has 0 spiro atoms. The van der Waals surface area contributed by atoms with Crippen LogP contribution in [0.2, 0.25) is 0 Å². The fourth-order valence-corrected chi connectivity index (χ4v) is 3.21. The molecule has 2 atom stereocenters. The maximum Gasteiger partial charge on any atom is 0.230 e. The van der Waals surface area contributed by atoms with Gasteiger partial charge in [-0.3, -0.25) is 4.79 Å². The second-order valence-corrected chi connectivity index (χ2v) is 7.23. The van der Waals surface area contributed by atoms with Crippen molar-refractivity contribution in [2.24, 2.45) is 17.6 Å². The van der Waals surface area contributed by atoms with Gasteiger partial charge in [-0.1, -0.05) is 39.3 Å². The normalized spacial score (nSPS) is 22.3. The zero-order valence-electron chi connectivity index (χ0n) is 13.7.